The number of phenols is 2. The molecule has 5 heteroatoms. The summed E-state index contributed by atoms with van der Waals surface area (Å²) in [5.74, 6) is -0.935. The predicted octanol–water partition coefficient (Wildman–Crippen LogP) is 1.50. The highest BCUT2D eigenvalue weighted by Gasteiger charge is 2.41. The zero-order valence-electron chi connectivity index (χ0n) is 11.4. The van der Waals surface area contributed by atoms with Gasteiger partial charge in [-0.3, -0.25) is 4.79 Å². The maximum atomic E-state index is 12.2. The lowest BCUT2D eigenvalue weighted by molar-refractivity contribution is 0.0850. The molecular weight excluding hydrogens is 256 g/mol. The van der Waals surface area contributed by atoms with Crippen LogP contribution in [0.2, 0.25) is 0 Å². The number of para-hydroxylation sites is 1. The Morgan fingerprint density at radius 2 is 2.15 bits per heavy atom. The lowest BCUT2D eigenvalue weighted by Crippen LogP contribution is -2.59. The monoisotopic (exact) mass is 276 g/mol. The van der Waals surface area contributed by atoms with Gasteiger partial charge >= 0.3 is 0 Å². The van der Waals surface area contributed by atoms with E-state index in [1.165, 1.54) is 31.4 Å². The molecule has 1 aromatic carbocycles. The van der Waals surface area contributed by atoms with Gasteiger partial charge in [-0.05, 0) is 50.8 Å². The second-order valence-corrected chi connectivity index (χ2v) is 5.90. The lowest BCUT2D eigenvalue weighted by Gasteiger charge is -2.48. The minimum Gasteiger partial charge on any atom is -0.504 e. The first-order valence-electron chi connectivity index (χ1n) is 7.16. The molecule has 1 aliphatic heterocycles. The second kappa shape index (κ2) is 4.98. The minimum absolute atomic E-state index is 0.130. The summed E-state index contributed by atoms with van der Waals surface area (Å²) in [6.45, 7) is 0.914. The predicted molar refractivity (Wildman–Crippen MR) is 74.8 cm³/mol. The Balaban J connectivity index is 1.68. The Hall–Kier alpha value is -1.75. The summed E-state index contributed by atoms with van der Waals surface area (Å²) < 4.78 is 0. The van der Waals surface area contributed by atoms with E-state index in [1.807, 2.05) is 0 Å². The van der Waals surface area contributed by atoms with Gasteiger partial charge in [-0.2, -0.15) is 0 Å². The van der Waals surface area contributed by atoms with Gasteiger partial charge in [-0.15, -0.1) is 0 Å². The van der Waals surface area contributed by atoms with Crippen molar-refractivity contribution in [2.75, 3.05) is 6.54 Å². The summed E-state index contributed by atoms with van der Waals surface area (Å²) in [5.41, 5.74) is 0.350. The second-order valence-electron chi connectivity index (χ2n) is 5.90. The van der Waals surface area contributed by atoms with E-state index in [0.717, 1.165) is 19.4 Å². The highest BCUT2D eigenvalue weighted by Crippen LogP contribution is 2.38. The largest absolute Gasteiger partial charge is 0.504 e. The summed E-state index contributed by atoms with van der Waals surface area (Å²) in [7, 11) is 0. The van der Waals surface area contributed by atoms with Crippen LogP contribution in [0.25, 0.3) is 0 Å². The molecule has 1 atom stereocenters. The summed E-state index contributed by atoms with van der Waals surface area (Å²) in [5, 5.41) is 25.7. The van der Waals surface area contributed by atoms with Gasteiger partial charge < -0.3 is 20.8 Å². The van der Waals surface area contributed by atoms with E-state index in [-0.39, 0.29) is 34.6 Å². The lowest BCUT2D eigenvalue weighted by atomic mass is 9.70. The summed E-state index contributed by atoms with van der Waals surface area (Å²) in [4.78, 5) is 12.2. The van der Waals surface area contributed by atoms with Crippen molar-refractivity contribution >= 4 is 5.91 Å². The zero-order valence-corrected chi connectivity index (χ0v) is 11.4. The van der Waals surface area contributed by atoms with Gasteiger partial charge in [0.1, 0.15) is 0 Å². The number of benzene rings is 1. The molecule has 108 valence electrons. The molecular formula is C15H20N2O3. The Labute approximate surface area is 118 Å². The SMILES string of the molecule is O=C(NC1CCNC2(CCC2)C1)c1cccc(O)c1O. The molecule has 4 N–H and O–H groups in total. The van der Waals surface area contributed by atoms with Gasteiger partial charge in [-0.1, -0.05) is 6.07 Å². The number of carbonyl (C=O) groups is 1. The van der Waals surface area contributed by atoms with E-state index in [2.05, 4.69) is 10.6 Å². The van der Waals surface area contributed by atoms with Crippen LogP contribution in [-0.4, -0.2) is 34.2 Å². The van der Waals surface area contributed by atoms with E-state index >= 15 is 0 Å². The van der Waals surface area contributed by atoms with Crippen LogP contribution in [0, 0.1) is 0 Å². The number of nitrogens with one attached hydrogen (secondary N) is 2. The third-order valence-corrected chi connectivity index (χ3v) is 4.54. The van der Waals surface area contributed by atoms with Gasteiger partial charge in [0.05, 0.1) is 5.56 Å². The molecule has 3 rings (SSSR count). The van der Waals surface area contributed by atoms with E-state index in [4.69, 9.17) is 0 Å². The standard InChI is InChI=1S/C15H20N2O3/c18-12-4-1-3-11(13(12)19)14(20)17-10-5-8-16-15(9-10)6-2-7-15/h1,3-4,10,16,18-19H,2,5-9H2,(H,17,20). The van der Waals surface area contributed by atoms with Crippen LogP contribution < -0.4 is 10.6 Å². The Morgan fingerprint density at radius 1 is 1.35 bits per heavy atom. The van der Waals surface area contributed by atoms with Crippen LogP contribution in [0.15, 0.2) is 18.2 Å². The van der Waals surface area contributed by atoms with Gasteiger partial charge in [0, 0.05) is 11.6 Å². The fourth-order valence-corrected chi connectivity index (χ4v) is 3.24. The maximum Gasteiger partial charge on any atom is 0.255 e. The molecule has 0 bridgehead atoms. The number of carbonyl (C=O) groups excluding carboxylic acids is 1. The van der Waals surface area contributed by atoms with Crippen molar-refractivity contribution in [1.82, 2.24) is 10.6 Å². The minimum atomic E-state index is -0.350. The number of hydrogen-bond acceptors (Lipinski definition) is 4. The van der Waals surface area contributed by atoms with Crippen LogP contribution >= 0.6 is 0 Å². The molecule has 0 aromatic heterocycles. The van der Waals surface area contributed by atoms with Crippen LogP contribution in [-0.2, 0) is 0 Å². The summed E-state index contributed by atoms with van der Waals surface area (Å²) in [6, 6.07) is 4.57. The van der Waals surface area contributed by atoms with Crippen LogP contribution in [0.4, 0.5) is 0 Å². The number of rotatable bonds is 2. The van der Waals surface area contributed by atoms with Crippen molar-refractivity contribution in [2.24, 2.45) is 0 Å². The molecule has 1 unspecified atom stereocenters. The van der Waals surface area contributed by atoms with Crippen LogP contribution in [0.5, 0.6) is 11.5 Å². The van der Waals surface area contributed by atoms with Crippen molar-refractivity contribution < 1.29 is 15.0 Å². The molecule has 2 fully saturated rings. The third-order valence-electron chi connectivity index (χ3n) is 4.54. The van der Waals surface area contributed by atoms with Crippen LogP contribution in [0.3, 0.4) is 0 Å². The topological polar surface area (TPSA) is 81.6 Å². The summed E-state index contributed by atoms with van der Waals surface area (Å²) >= 11 is 0. The molecule has 1 amide bonds. The normalized spacial score (nSPS) is 24.1. The number of hydrogen-bond donors (Lipinski definition) is 4. The maximum absolute atomic E-state index is 12.2. The molecule has 1 aromatic rings. The van der Waals surface area contributed by atoms with Gasteiger partial charge in [0.15, 0.2) is 11.5 Å². The molecule has 5 nitrogen and oxygen atoms in total. The van der Waals surface area contributed by atoms with E-state index in [9.17, 15) is 15.0 Å². The van der Waals surface area contributed by atoms with Crippen molar-refractivity contribution in [3.8, 4) is 11.5 Å². The Kier molecular flexibility index (Phi) is 3.30. The average Bonchev–Trinajstić information content (AvgIpc) is 2.40. The average molecular weight is 276 g/mol. The van der Waals surface area contributed by atoms with Crippen molar-refractivity contribution in [3.05, 3.63) is 23.8 Å². The van der Waals surface area contributed by atoms with Crippen LogP contribution in [0.1, 0.15) is 42.5 Å². The van der Waals surface area contributed by atoms with E-state index in [1.54, 1.807) is 6.07 Å². The number of phenolic OH excluding ortho intramolecular Hbond substituents is 2. The molecule has 0 radical (unpaired) electrons. The first kappa shape index (κ1) is 13.2. The van der Waals surface area contributed by atoms with E-state index < -0.39 is 0 Å². The quantitative estimate of drug-likeness (QED) is 0.617. The fraction of sp³-hybridized carbons (Fsp3) is 0.533. The van der Waals surface area contributed by atoms with Gasteiger partial charge in [0.2, 0.25) is 0 Å². The van der Waals surface area contributed by atoms with Crippen molar-refractivity contribution in [1.29, 1.82) is 0 Å². The zero-order chi connectivity index (χ0) is 14.2. The molecule has 1 spiro atoms. The molecule has 20 heavy (non-hydrogen) atoms. The number of aromatic hydroxyl groups is 2. The number of piperidine rings is 1. The fourth-order valence-electron chi connectivity index (χ4n) is 3.24. The van der Waals surface area contributed by atoms with Crippen molar-refractivity contribution in [2.45, 2.75) is 43.7 Å². The highest BCUT2D eigenvalue weighted by atomic mass is 16.3. The first-order valence-corrected chi connectivity index (χ1v) is 7.16. The Bertz CT molecular complexity index is 526. The van der Waals surface area contributed by atoms with Gasteiger partial charge in [-0.25, -0.2) is 0 Å². The third kappa shape index (κ3) is 2.33. The molecule has 1 aliphatic carbocycles. The Morgan fingerprint density at radius 3 is 2.85 bits per heavy atom. The smallest absolute Gasteiger partial charge is 0.255 e. The first-order chi connectivity index (χ1) is 9.60. The molecule has 1 heterocycles. The molecule has 2 aliphatic rings. The van der Waals surface area contributed by atoms with E-state index in [0.29, 0.717) is 0 Å². The highest BCUT2D eigenvalue weighted by molar-refractivity contribution is 5.97. The molecule has 1 saturated carbocycles. The number of amides is 1. The summed E-state index contributed by atoms with van der Waals surface area (Å²) in [6.07, 6.45) is 5.44. The van der Waals surface area contributed by atoms with Crippen molar-refractivity contribution in [3.63, 3.8) is 0 Å². The van der Waals surface area contributed by atoms with Gasteiger partial charge in [0.25, 0.3) is 5.91 Å². The molecule has 1 saturated heterocycles.